The minimum absolute atomic E-state index is 0.0301. The lowest BCUT2D eigenvalue weighted by Gasteiger charge is -2.08. The molecular weight excluding hydrogens is 214 g/mol. The maximum Gasteiger partial charge on any atom is 0.139 e. The summed E-state index contributed by atoms with van der Waals surface area (Å²) in [5.41, 5.74) is 0.353. The Bertz CT molecular complexity index is 357. The second-order valence-corrected chi connectivity index (χ2v) is 3.74. The molecule has 0 aliphatic rings. The molecule has 0 saturated carbocycles. The topological polar surface area (TPSA) is 26.3 Å². The fraction of sp³-hybridized carbons (Fsp3) is 0.417. The Morgan fingerprint density at radius 2 is 1.88 bits per heavy atom. The van der Waals surface area contributed by atoms with Crippen LogP contribution in [0, 0.1) is 11.6 Å². The molecule has 0 saturated heterocycles. The molecule has 1 rings (SSSR count). The molecule has 88 valence electrons. The van der Waals surface area contributed by atoms with Gasteiger partial charge in [-0.1, -0.05) is 0 Å². The first kappa shape index (κ1) is 12.8. The van der Waals surface area contributed by atoms with Gasteiger partial charge in [0.2, 0.25) is 0 Å². The maximum absolute atomic E-state index is 12.8. The van der Waals surface area contributed by atoms with Crippen molar-refractivity contribution in [1.29, 1.82) is 0 Å². The Hall–Kier alpha value is -1.29. The van der Waals surface area contributed by atoms with Gasteiger partial charge in [-0.2, -0.15) is 0 Å². The summed E-state index contributed by atoms with van der Waals surface area (Å²) >= 11 is 0. The number of benzene rings is 1. The highest BCUT2D eigenvalue weighted by atomic mass is 19.1. The van der Waals surface area contributed by atoms with Crippen LogP contribution >= 0.6 is 0 Å². The lowest BCUT2D eigenvalue weighted by Crippen LogP contribution is -2.14. The van der Waals surface area contributed by atoms with E-state index < -0.39 is 11.6 Å². The first-order chi connectivity index (χ1) is 7.51. The second-order valence-electron chi connectivity index (χ2n) is 3.74. The van der Waals surface area contributed by atoms with E-state index in [2.05, 4.69) is 0 Å². The molecule has 4 heteroatoms. The van der Waals surface area contributed by atoms with Crippen molar-refractivity contribution in [3.05, 3.63) is 35.4 Å². The molecule has 16 heavy (non-hydrogen) atoms. The van der Waals surface area contributed by atoms with Crippen LogP contribution in [0.1, 0.15) is 18.9 Å². The van der Waals surface area contributed by atoms with Crippen LogP contribution < -0.4 is 0 Å². The molecule has 2 nitrogen and oxygen atoms in total. The van der Waals surface area contributed by atoms with Crippen LogP contribution in [0.4, 0.5) is 8.78 Å². The SMILES string of the molecule is COC(C)CC(=O)Cc1cc(F)cc(F)c1. The maximum atomic E-state index is 12.8. The molecule has 1 aromatic carbocycles. The van der Waals surface area contributed by atoms with Gasteiger partial charge in [0.25, 0.3) is 0 Å². The van der Waals surface area contributed by atoms with E-state index in [1.165, 1.54) is 19.2 Å². The van der Waals surface area contributed by atoms with E-state index >= 15 is 0 Å². The number of ketones is 1. The van der Waals surface area contributed by atoms with E-state index in [-0.39, 0.29) is 24.7 Å². The van der Waals surface area contributed by atoms with Crippen molar-refractivity contribution < 1.29 is 18.3 Å². The number of methoxy groups -OCH3 is 1. The van der Waals surface area contributed by atoms with Crippen LogP contribution in [-0.4, -0.2) is 19.0 Å². The van der Waals surface area contributed by atoms with E-state index in [9.17, 15) is 13.6 Å². The summed E-state index contributed by atoms with van der Waals surface area (Å²) in [4.78, 5) is 11.5. The average Bonchev–Trinajstić information content (AvgIpc) is 2.15. The molecule has 0 aromatic heterocycles. The van der Waals surface area contributed by atoms with Crippen LogP contribution in [-0.2, 0) is 16.0 Å². The van der Waals surface area contributed by atoms with Gasteiger partial charge in [-0.3, -0.25) is 4.79 Å². The summed E-state index contributed by atoms with van der Waals surface area (Å²) < 4.78 is 30.6. The zero-order chi connectivity index (χ0) is 12.1. The van der Waals surface area contributed by atoms with Crippen molar-refractivity contribution in [1.82, 2.24) is 0 Å². The van der Waals surface area contributed by atoms with Crippen LogP contribution in [0.3, 0.4) is 0 Å². The Morgan fingerprint density at radius 1 is 1.31 bits per heavy atom. The summed E-state index contributed by atoms with van der Waals surface area (Å²) in [5, 5.41) is 0. The summed E-state index contributed by atoms with van der Waals surface area (Å²) in [6, 6.07) is 3.11. The average molecular weight is 228 g/mol. The smallest absolute Gasteiger partial charge is 0.139 e. The van der Waals surface area contributed by atoms with E-state index in [4.69, 9.17) is 4.74 Å². The molecule has 0 fully saturated rings. The second kappa shape index (κ2) is 5.70. The molecule has 1 unspecified atom stereocenters. The number of Topliss-reactive ketones (excluding diaryl/α,β-unsaturated/α-hetero) is 1. The first-order valence-electron chi connectivity index (χ1n) is 5.00. The fourth-order valence-electron chi connectivity index (χ4n) is 1.42. The van der Waals surface area contributed by atoms with Crippen molar-refractivity contribution in [2.24, 2.45) is 0 Å². The third-order valence-corrected chi connectivity index (χ3v) is 2.24. The predicted molar refractivity (Wildman–Crippen MR) is 56.2 cm³/mol. The van der Waals surface area contributed by atoms with Crippen molar-refractivity contribution in [3.63, 3.8) is 0 Å². The summed E-state index contributed by atoms with van der Waals surface area (Å²) in [6.07, 6.45) is 0.0997. The molecule has 1 aromatic rings. The lowest BCUT2D eigenvalue weighted by atomic mass is 10.0. The third kappa shape index (κ3) is 4.06. The van der Waals surface area contributed by atoms with E-state index in [0.717, 1.165) is 6.07 Å². The zero-order valence-corrected chi connectivity index (χ0v) is 9.30. The van der Waals surface area contributed by atoms with E-state index in [1.807, 2.05) is 0 Å². The molecule has 0 amide bonds. The molecule has 0 spiro atoms. The third-order valence-electron chi connectivity index (χ3n) is 2.24. The Morgan fingerprint density at radius 3 is 2.38 bits per heavy atom. The molecule has 0 bridgehead atoms. The lowest BCUT2D eigenvalue weighted by molar-refractivity contribution is -0.120. The molecule has 0 aliphatic carbocycles. The molecular formula is C12H14F2O2. The van der Waals surface area contributed by atoms with Gasteiger partial charge in [-0.05, 0) is 24.6 Å². The van der Waals surface area contributed by atoms with Crippen LogP contribution in [0.25, 0.3) is 0 Å². The number of ether oxygens (including phenoxy) is 1. The summed E-state index contributed by atoms with van der Waals surface area (Å²) in [5.74, 6) is -1.43. The van der Waals surface area contributed by atoms with Gasteiger partial charge >= 0.3 is 0 Å². The normalized spacial score (nSPS) is 12.5. The number of hydrogen-bond donors (Lipinski definition) is 0. The van der Waals surface area contributed by atoms with Crippen molar-refractivity contribution in [3.8, 4) is 0 Å². The van der Waals surface area contributed by atoms with Gasteiger partial charge in [0.1, 0.15) is 17.4 Å². The van der Waals surface area contributed by atoms with Gasteiger partial charge in [0, 0.05) is 26.0 Å². The summed E-state index contributed by atoms with van der Waals surface area (Å²) in [7, 11) is 1.51. The van der Waals surface area contributed by atoms with E-state index in [0.29, 0.717) is 5.56 Å². The minimum Gasteiger partial charge on any atom is -0.381 e. The number of hydrogen-bond acceptors (Lipinski definition) is 2. The van der Waals surface area contributed by atoms with Gasteiger partial charge in [-0.25, -0.2) is 8.78 Å². The Labute approximate surface area is 93.2 Å². The van der Waals surface area contributed by atoms with Gasteiger partial charge in [0.05, 0.1) is 6.10 Å². The van der Waals surface area contributed by atoms with Gasteiger partial charge < -0.3 is 4.74 Å². The van der Waals surface area contributed by atoms with Crippen LogP contribution in [0.15, 0.2) is 18.2 Å². The number of rotatable bonds is 5. The van der Waals surface area contributed by atoms with Crippen molar-refractivity contribution in [2.45, 2.75) is 25.9 Å². The standard InChI is InChI=1S/C12H14F2O2/c1-8(16-2)3-12(15)6-9-4-10(13)7-11(14)5-9/h4-5,7-8H,3,6H2,1-2H3. The Balaban J connectivity index is 2.62. The van der Waals surface area contributed by atoms with Crippen molar-refractivity contribution in [2.75, 3.05) is 7.11 Å². The highest BCUT2D eigenvalue weighted by molar-refractivity contribution is 5.81. The first-order valence-corrected chi connectivity index (χ1v) is 5.00. The van der Waals surface area contributed by atoms with E-state index in [1.54, 1.807) is 6.92 Å². The molecule has 0 N–H and O–H groups in total. The molecule has 0 heterocycles. The van der Waals surface area contributed by atoms with Crippen LogP contribution in [0.2, 0.25) is 0 Å². The quantitative estimate of drug-likeness (QED) is 0.774. The monoisotopic (exact) mass is 228 g/mol. The fourth-order valence-corrected chi connectivity index (χ4v) is 1.42. The molecule has 0 radical (unpaired) electrons. The number of halogens is 2. The van der Waals surface area contributed by atoms with Gasteiger partial charge in [-0.15, -0.1) is 0 Å². The zero-order valence-electron chi connectivity index (χ0n) is 9.30. The van der Waals surface area contributed by atoms with Crippen molar-refractivity contribution >= 4 is 5.78 Å². The molecule has 0 aliphatic heterocycles. The number of carbonyl (C=O) groups is 1. The highest BCUT2D eigenvalue weighted by Gasteiger charge is 2.10. The Kier molecular flexibility index (Phi) is 4.55. The number of carbonyl (C=O) groups excluding carboxylic acids is 1. The molecule has 1 atom stereocenters. The minimum atomic E-state index is -0.664. The summed E-state index contributed by atoms with van der Waals surface area (Å²) in [6.45, 7) is 1.77. The van der Waals surface area contributed by atoms with Crippen LogP contribution in [0.5, 0.6) is 0 Å². The highest BCUT2D eigenvalue weighted by Crippen LogP contribution is 2.10. The predicted octanol–water partition coefficient (Wildman–Crippen LogP) is 2.50. The largest absolute Gasteiger partial charge is 0.381 e. The van der Waals surface area contributed by atoms with Gasteiger partial charge in [0.15, 0.2) is 0 Å².